The number of nitrogens with one attached hydrogen (secondary N) is 1. The zero-order valence-electron chi connectivity index (χ0n) is 4.91. The van der Waals surface area contributed by atoms with Crippen LogP contribution in [0.15, 0.2) is 25.0 Å². The Morgan fingerprint density at radius 3 is 3.11 bits per heavy atom. The fourth-order valence-corrected chi connectivity index (χ4v) is 0.551. The average molecular weight is 124 g/mol. The van der Waals surface area contributed by atoms with Gasteiger partial charge in [-0.2, -0.15) is 0 Å². The van der Waals surface area contributed by atoms with Crippen molar-refractivity contribution in [2.24, 2.45) is 0 Å². The van der Waals surface area contributed by atoms with Crippen molar-refractivity contribution in [3.63, 3.8) is 0 Å². The maximum absolute atomic E-state index is 9.01. The largest absolute Gasteiger partial charge is 0.381 e. The number of aromatic nitrogens is 2. The molecule has 1 heterocycles. The topological polar surface area (TPSA) is 48.9 Å². The highest BCUT2D eigenvalue weighted by Crippen LogP contribution is 2.05. The summed E-state index contributed by atoms with van der Waals surface area (Å²) in [6.07, 6.45) is 3.99. The lowest BCUT2D eigenvalue weighted by atomic mass is 10.3. The molecule has 3 nitrogen and oxygen atoms in total. The number of aliphatic hydroxyl groups excluding tert-OH is 1. The molecule has 1 aromatic rings. The summed E-state index contributed by atoms with van der Waals surface area (Å²) in [6.45, 7) is 3.41. The molecule has 0 saturated carbocycles. The Labute approximate surface area is 53.1 Å². The van der Waals surface area contributed by atoms with Crippen LogP contribution in [-0.2, 0) is 0 Å². The number of hydrogen-bond donors (Lipinski definition) is 2. The van der Waals surface area contributed by atoms with Gasteiger partial charge in [-0.25, -0.2) is 4.98 Å². The second-order valence-electron chi connectivity index (χ2n) is 1.65. The van der Waals surface area contributed by atoms with E-state index in [4.69, 9.17) is 5.11 Å². The smallest absolute Gasteiger partial charge is 0.139 e. The number of H-pyrrole nitrogens is 1. The molecular weight excluding hydrogens is 116 g/mol. The van der Waals surface area contributed by atoms with Crippen molar-refractivity contribution in [2.45, 2.75) is 6.10 Å². The van der Waals surface area contributed by atoms with Gasteiger partial charge < -0.3 is 10.1 Å². The van der Waals surface area contributed by atoms with Crippen LogP contribution < -0.4 is 0 Å². The molecule has 48 valence electrons. The van der Waals surface area contributed by atoms with Gasteiger partial charge in [-0.3, -0.25) is 0 Å². The zero-order valence-corrected chi connectivity index (χ0v) is 4.91. The van der Waals surface area contributed by atoms with Gasteiger partial charge in [0.1, 0.15) is 11.9 Å². The molecule has 9 heavy (non-hydrogen) atoms. The van der Waals surface area contributed by atoms with Gasteiger partial charge in [0.05, 0.1) is 0 Å². The molecule has 3 heteroatoms. The summed E-state index contributed by atoms with van der Waals surface area (Å²) in [7, 11) is 0. The van der Waals surface area contributed by atoms with Crippen molar-refractivity contribution < 1.29 is 5.11 Å². The van der Waals surface area contributed by atoms with E-state index in [2.05, 4.69) is 16.5 Å². The summed E-state index contributed by atoms with van der Waals surface area (Å²) in [6, 6.07) is 0. The molecule has 0 aliphatic rings. The van der Waals surface area contributed by atoms with E-state index in [9.17, 15) is 0 Å². The summed E-state index contributed by atoms with van der Waals surface area (Å²) in [5, 5.41) is 9.01. The highest BCUT2D eigenvalue weighted by molar-refractivity contribution is 4.98. The SMILES string of the molecule is C=CC(O)c1ncc[nH]1. The Kier molecular flexibility index (Phi) is 1.65. The molecule has 0 aromatic carbocycles. The van der Waals surface area contributed by atoms with Crippen LogP contribution in [0.2, 0.25) is 0 Å². The third kappa shape index (κ3) is 1.17. The minimum atomic E-state index is -0.667. The van der Waals surface area contributed by atoms with E-state index in [0.29, 0.717) is 5.82 Å². The average Bonchev–Trinajstić information content (AvgIpc) is 2.37. The number of hydrogen-bond acceptors (Lipinski definition) is 2. The van der Waals surface area contributed by atoms with E-state index in [1.807, 2.05) is 0 Å². The van der Waals surface area contributed by atoms with Gasteiger partial charge in [0, 0.05) is 12.4 Å². The Morgan fingerprint density at radius 2 is 2.67 bits per heavy atom. The van der Waals surface area contributed by atoms with Crippen molar-refractivity contribution >= 4 is 0 Å². The molecule has 0 fully saturated rings. The van der Waals surface area contributed by atoms with Crippen LogP contribution in [0, 0.1) is 0 Å². The van der Waals surface area contributed by atoms with E-state index < -0.39 is 6.10 Å². The van der Waals surface area contributed by atoms with Gasteiger partial charge in [-0.05, 0) is 0 Å². The summed E-state index contributed by atoms with van der Waals surface area (Å²) in [4.78, 5) is 6.57. The van der Waals surface area contributed by atoms with Gasteiger partial charge in [0.15, 0.2) is 0 Å². The van der Waals surface area contributed by atoms with Crippen molar-refractivity contribution in [1.29, 1.82) is 0 Å². The van der Waals surface area contributed by atoms with Crippen molar-refractivity contribution in [2.75, 3.05) is 0 Å². The van der Waals surface area contributed by atoms with Crippen LogP contribution in [-0.4, -0.2) is 15.1 Å². The van der Waals surface area contributed by atoms with Gasteiger partial charge >= 0.3 is 0 Å². The predicted octanol–water partition coefficient (Wildman–Crippen LogP) is 0.629. The molecule has 1 rings (SSSR count). The minimum Gasteiger partial charge on any atom is -0.381 e. The lowest BCUT2D eigenvalue weighted by Gasteiger charge is -1.96. The standard InChI is InChI=1S/C6H8N2O/c1-2-5(9)6-7-3-4-8-6/h2-5,9H,1H2,(H,7,8). The third-order valence-corrected chi connectivity index (χ3v) is 1.02. The maximum atomic E-state index is 9.01. The molecule has 0 aliphatic carbocycles. The van der Waals surface area contributed by atoms with E-state index in [-0.39, 0.29) is 0 Å². The molecule has 1 aromatic heterocycles. The van der Waals surface area contributed by atoms with Gasteiger partial charge in [-0.1, -0.05) is 6.08 Å². The Bertz CT molecular complexity index is 181. The van der Waals surface area contributed by atoms with Crippen LogP contribution in [0.1, 0.15) is 11.9 Å². The first kappa shape index (κ1) is 6.04. The lowest BCUT2D eigenvalue weighted by molar-refractivity contribution is 0.219. The molecule has 0 spiro atoms. The van der Waals surface area contributed by atoms with Crippen LogP contribution in [0.5, 0.6) is 0 Å². The lowest BCUT2D eigenvalue weighted by Crippen LogP contribution is -1.93. The molecule has 0 aliphatic heterocycles. The van der Waals surface area contributed by atoms with E-state index in [0.717, 1.165) is 0 Å². The minimum absolute atomic E-state index is 0.532. The molecule has 2 N–H and O–H groups in total. The fraction of sp³-hybridized carbons (Fsp3) is 0.167. The van der Waals surface area contributed by atoms with Crippen LogP contribution in [0.25, 0.3) is 0 Å². The quantitative estimate of drug-likeness (QED) is 0.568. The first-order valence-electron chi connectivity index (χ1n) is 2.64. The Balaban J connectivity index is 2.76. The van der Waals surface area contributed by atoms with E-state index in [1.54, 1.807) is 12.4 Å². The summed E-state index contributed by atoms with van der Waals surface area (Å²) < 4.78 is 0. The predicted molar refractivity (Wildman–Crippen MR) is 33.7 cm³/mol. The Hall–Kier alpha value is -1.09. The fourth-order valence-electron chi connectivity index (χ4n) is 0.551. The maximum Gasteiger partial charge on any atom is 0.139 e. The van der Waals surface area contributed by atoms with Crippen molar-refractivity contribution in [1.82, 2.24) is 9.97 Å². The highest BCUT2D eigenvalue weighted by Gasteiger charge is 2.01. The van der Waals surface area contributed by atoms with Crippen molar-refractivity contribution in [3.05, 3.63) is 30.9 Å². The molecule has 1 unspecified atom stereocenters. The van der Waals surface area contributed by atoms with Crippen LogP contribution >= 0.6 is 0 Å². The number of rotatable bonds is 2. The molecule has 0 saturated heterocycles. The first-order chi connectivity index (χ1) is 4.34. The molecule has 0 amide bonds. The summed E-state index contributed by atoms with van der Waals surface area (Å²) in [5.41, 5.74) is 0. The summed E-state index contributed by atoms with van der Waals surface area (Å²) >= 11 is 0. The second-order valence-corrected chi connectivity index (χ2v) is 1.65. The normalized spacial score (nSPS) is 13.0. The first-order valence-corrected chi connectivity index (χ1v) is 2.64. The molecule has 0 bridgehead atoms. The summed E-state index contributed by atoms with van der Waals surface area (Å²) in [5.74, 6) is 0.532. The Morgan fingerprint density at radius 1 is 1.89 bits per heavy atom. The number of imidazole rings is 1. The van der Waals surface area contributed by atoms with Gasteiger partial charge in [0.2, 0.25) is 0 Å². The molecule has 0 radical (unpaired) electrons. The van der Waals surface area contributed by atoms with Crippen molar-refractivity contribution in [3.8, 4) is 0 Å². The van der Waals surface area contributed by atoms with Crippen LogP contribution in [0.4, 0.5) is 0 Å². The molecule has 1 atom stereocenters. The second kappa shape index (κ2) is 2.46. The van der Waals surface area contributed by atoms with Gasteiger partial charge in [0.25, 0.3) is 0 Å². The number of nitrogens with zero attached hydrogens (tertiary/aromatic N) is 1. The third-order valence-electron chi connectivity index (χ3n) is 1.02. The van der Waals surface area contributed by atoms with E-state index >= 15 is 0 Å². The van der Waals surface area contributed by atoms with Gasteiger partial charge in [-0.15, -0.1) is 6.58 Å². The number of aliphatic hydroxyl groups is 1. The zero-order chi connectivity index (χ0) is 6.69. The highest BCUT2D eigenvalue weighted by atomic mass is 16.3. The molecular formula is C6H8N2O. The monoisotopic (exact) mass is 124 g/mol. The van der Waals surface area contributed by atoms with E-state index in [1.165, 1.54) is 6.08 Å². The number of aromatic amines is 1. The van der Waals surface area contributed by atoms with Crippen LogP contribution in [0.3, 0.4) is 0 Å².